The molecular weight excluding hydrogens is 544 g/mol. The van der Waals surface area contributed by atoms with Gasteiger partial charge in [-0.1, -0.05) is 144 Å². The molecule has 2 unspecified atom stereocenters. The van der Waals surface area contributed by atoms with Crippen LogP contribution in [0.15, 0.2) is 70.1 Å². The van der Waals surface area contributed by atoms with E-state index in [1.807, 2.05) is 12.4 Å². The van der Waals surface area contributed by atoms with E-state index >= 15 is 0 Å². The van der Waals surface area contributed by atoms with E-state index in [1.165, 1.54) is 11.1 Å². The van der Waals surface area contributed by atoms with E-state index < -0.39 is 12.2 Å². The molecule has 230 valence electrons. The second kappa shape index (κ2) is 13.0. The normalized spacial score (nSPS) is 28.3. The molecule has 0 aromatic rings. The van der Waals surface area contributed by atoms with Crippen LogP contribution in [0.2, 0.25) is 0 Å². The molecule has 3 aliphatic carbocycles. The minimum absolute atomic E-state index is 0. The minimum atomic E-state index is -0.872. The molecular formula is C36H56CrN2O2-2. The van der Waals surface area contributed by atoms with Crippen LogP contribution in [0.1, 0.15) is 109 Å². The van der Waals surface area contributed by atoms with Gasteiger partial charge in [0.15, 0.2) is 0 Å². The van der Waals surface area contributed by atoms with E-state index in [0.717, 1.165) is 48.0 Å². The first-order chi connectivity index (χ1) is 18.2. The van der Waals surface area contributed by atoms with Crippen molar-refractivity contribution >= 4 is 0 Å². The van der Waals surface area contributed by atoms with Crippen molar-refractivity contribution in [3.8, 4) is 0 Å². The summed E-state index contributed by atoms with van der Waals surface area (Å²) in [6.45, 7) is 26.0. The molecule has 0 radical (unpaired) electrons. The van der Waals surface area contributed by atoms with Crippen LogP contribution in [0.5, 0.6) is 0 Å². The molecule has 3 rings (SSSR count). The molecule has 0 spiro atoms. The summed E-state index contributed by atoms with van der Waals surface area (Å²) in [6.07, 6.45) is 15.0. The second-order valence-electron chi connectivity index (χ2n) is 16.3. The Morgan fingerprint density at radius 2 is 0.878 bits per heavy atom. The summed E-state index contributed by atoms with van der Waals surface area (Å²) in [6, 6.07) is 0.385. The van der Waals surface area contributed by atoms with Crippen molar-refractivity contribution in [3.05, 3.63) is 70.1 Å². The number of allylic oxidation sites excluding steroid dienone is 4. The van der Waals surface area contributed by atoms with Gasteiger partial charge in [0.05, 0.1) is 0 Å². The molecule has 0 bridgehead atoms. The van der Waals surface area contributed by atoms with Gasteiger partial charge in [0.2, 0.25) is 0 Å². The average molecular weight is 601 g/mol. The summed E-state index contributed by atoms with van der Waals surface area (Å²) in [5, 5.41) is 34.5. The van der Waals surface area contributed by atoms with E-state index in [2.05, 4.69) is 118 Å². The number of hydrogen-bond donors (Lipinski definition) is 2. The third-order valence-electron chi connectivity index (χ3n) is 8.59. The SMILES string of the molecule is CC(C)(C)C1=CC(=CN[C@H]2CCCC[C@@H]2NC=C2C=C(C(C)(C)C)C=C(C(C)(C)C)C2[O-])C([O-])C(C(C)(C)C)=C1.[Cr]. The van der Waals surface area contributed by atoms with E-state index in [-0.39, 0.29) is 51.1 Å². The maximum Gasteiger partial charge on any atom is 0.0457 e. The van der Waals surface area contributed by atoms with Gasteiger partial charge in [0, 0.05) is 29.4 Å². The zero-order valence-corrected chi connectivity index (χ0v) is 29.1. The van der Waals surface area contributed by atoms with Crippen molar-refractivity contribution in [2.45, 2.75) is 133 Å². The van der Waals surface area contributed by atoms with Crippen LogP contribution in [0.25, 0.3) is 0 Å². The Labute approximate surface area is 262 Å². The van der Waals surface area contributed by atoms with E-state index in [0.29, 0.717) is 0 Å². The first kappa shape index (κ1) is 35.7. The molecule has 4 nitrogen and oxygen atoms in total. The van der Waals surface area contributed by atoms with Gasteiger partial charge >= 0.3 is 0 Å². The van der Waals surface area contributed by atoms with Crippen molar-refractivity contribution in [3.63, 3.8) is 0 Å². The maximum atomic E-state index is 13.6. The van der Waals surface area contributed by atoms with Crippen molar-refractivity contribution < 1.29 is 27.6 Å². The molecule has 1 saturated carbocycles. The molecule has 0 saturated heterocycles. The third kappa shape index (κ3) is 8.99. The molecule has 41 heavy (non-hydrogen) atoms. The number of hydrogen-bond acceptors (Lipinski definition) is 4. The van der Waals surface area contributed by atoms with Crippen molar-refractivity contribution in [2.75, 3.05) is 0 Å². The Balaban J connectivity index is 0.00000588. The molecule has 5 heteroatoms. The fraction of sp³-hybridized carbons (Fsp3) is 0.667. The summed E-state index contributed by atoms with van der Waals surface area (Å²) in [5.41, 5.74) is 5.45. The summed E-state index contributed by atoms with van der Waals surface area (Å²) in [4.78, 5) is 0. The Kier molecular flexibility index (Phi) is 11.3. The molecule has 4 atom stereocenters. The summed E-state index contributed by atoms with van der Waals surface area (Å²) >= 11 is 0. The smallest absolute Gasteiger partial charge is 0.0457 e. The Morgan fingerprint density at radius 3 is 1.15 bits per heavy atom. The second-order valence-corrected chi connectivity index (χ2v) is 16.3. The molecule has 1 fully saturated rings. The topological polar surface area (TPSA) is 70.2 Å². The first-order valence-electron chi connectivity index (χ1n) is 15.3. The zero-order valence-electron chi connectivity index (χ0n) is 27.8. The number of rotatable bonds is 4. The predicted octanol–water partition coefficient (Wildman–Crippen LogP) is 6.62. The van der Waals surface area contributed by atoms with Crippen LogP contribution >= 0.6 is 0 Å². The van der Waals surface area contributed by atoms with Crippen LogP contribution in [0, 0.1) is 21.7 Å². The monoisotopic (exact) mass is 600 g/mol. The van der Waals surface area contributed by atoms with Crippen molar-refractivity contribution in [1.82, 2.24) is 10.6 Å². The maximum absolute atomic E-state index is 13.6. The Bertz CT molecular complexity index is 1030. The van der Waals surface area contributed by atoms with Crippen molar-refractivity contribution in [2.24, 2.45) is 21.7 Å². The zero-order chi connectivity index (χ0) is 30.3. The summed E-state index contributed by atoms with van der Waals surface area (Å²) in [7, 11) is 0. The van der Waals surface area contributed by atoms with Gasteiger partial charge < -0.3 is 20.8 Å². The van der Waals surface area contributed by atoms with Gasteiger partial charge in [-0.05, 0) is 69.2 Å². The predicted molar refractivity (Wildman–Crippen MR) is 166 cm³/mol. The molecule has 0 heterocycles. The van der Waals surface area contributed by atoms with Gasteiger partial charge in [-0.2, -0.15) is 0 Å². The van der Waals surface area contributed by atoms with Crippen LogP contribution in [-0.4, -0.2) is 24.3 Å². The molecule has 2 N–H and O–H groups in total. The average Bonchev–Trinajstić information content (AvgIpc) is 2.80. The van der Waals surface area contributed by atoms with Crippen LogP contribution < -0.4 is 20.8 Å². The minimum Gasteiger partial charge on any atom is -0.845 e. The fourth-order valence-electron chi connectivity index (χ4n) is 5.70. The first-order valence-corrected chi connectivity index (χ1v) is 15.3. The van der Waals surface area contributed by atoms with Gasteiger partial charge in [0.1, 0.15) is 0 Å². The molecule has 0 amide bonds. The van der Waals surface area contributed by atoms with Gasteiger partial charge in [-0.25, -0.2) is 0 Å². The van der Waals surface area contributed by atoms with Gasteiger partial charge in [-0.15, -0.1) is 0 Å². The molecule has 0 aliphatic heterocycles. The van der Waals surface area contributed by atoms with E-state index in [1.54, 1.807) is 0 Å². The Morgan fingerprint density at radius 1 is 0.561 bits per heavy atom. The van der Waals surface area contributed by atoms with E-state index in [9.17, 15) is 10.2 Å². The van der Waals surface area contributed by atoms with E-state index in [4.69, 9.17) is 0 Å². The molecule has 3 aliphatic rings. The van der Waals surface area contributed by atoms with Gasteiger partial charge in [-0.3, -0.25) is 0 Å². The fourth-order valence-corrected chi connectivity index (χ4v) is 5.70. The third-order valence-corrected chi connectivity index (χ3v) is 8.59. The quantitative estimate of drug-likeness (QED) is 0.381. The van der Waals surface area contributed by atoms with Crippen LogP contribution in [-0.2, 0) is 17.4 Å². The Hall–Kier alpha value is -1.51. The molecule has 0 aromatic carbocycles. The summed E-state index contributed by atoms with van der Waals surface area (Å²) in [5.74, 6) is 0. The summed E-state index contributed by atoms with van der Waals surface area (Å²) < 4.78 is 0. The number of nitrogens with one attached hydrogen (secondary N) is 2. The van der Waals surface area contributed by atoms with Crippen LogP contribution in [0.3, 0.4) is 0 Å². The largest absolute Gasteiger partial charge is 0.845 e. The standard InChI is InChI=1S/C36H56N2O2.Cr/c1-33(2,3)25-17-23(31(39)27(19-25)35(7,8)9)21-37-29-15-13-14-16-30(29)38-22-24-18-26(34(4,5)6)20-28(32(24)40)36(10,11)12;/h17-22,29-32,37-38H,13-16H2,1-12H3;/q-2;/t29-,30-,31?,32?;/m0./s1. The van der Waals surface area contributed by atoms with Crippen molar-refractivity contribution in [1.29, 1.82) is 0 Å². The van der Waals surface area contributed by atoms with Crippen LogP contribution in [0.4, 0.5) is 0 Å². The van der Waals surface area contributed by atoms with Gasteiger partial charge in [0.25, 0.3) is 0 Å². The molecule has 0 aromatic heterocycles.